The molecule has 0 saturated heterocycles. The second-order valence-corrected chi connectivity index (χ2v) is 8.73. The first-order chi connectivity index (χ1) is 15.1. The molecule has 168 valence electrons. The molecular formula is C24H21F3O4S. The summed E-state index contributed by atoms with van der Waals surface area (Å²) in [5.41, 5.74) is -3.71. The van der Waals surface area contributed by atoms with Gasteiger partial charge in [0.05, 0.1) is 16.7 Å². The van der Waals surface area contributed by atoms with E-state index in [1.54, 1.807) is 38.1 Å². The fraction of sp³-hybridized carbons (Fsp3) is 0.208. The number of para-hydroxylation sites is 1. The molecule has 3 rings (SSSR count). The van der Waals surface area contributed by atoms with Crippen LogP contribution >= 0.6 is 0 Å². The van der Waals surface area contributed by atoms with Crippen LogP contribution in [-0.4, -0.2) is 16.0 Å². The Balaban J connectivity index is 1.73. The van der Waals surface area contributed by atoms with E-state index in [0.29, 0.717) is 22.6 Å². The fourth-order valence-electron chi connectivity index (χ4n) is 3.00. The first kappa shape index (κ1) is 23.7. The summed E-state index contributed by atoms with van der Waals surface area (Å²) in [6, 6.07) is 19.7. The second-order valence-electron chi connectivity index (χ2n) is 7.26. The summed E-state index contributed by atoms with van der Waals surface area (Å²) < 4.78 is 61.2. The van der Waals surface area contributed by atoms with Crippen molar-refractivity contribution in [1.29, 1.82) is 0 Å². The van der Waals surface area contributed by atoms with Gasteiger partial charge >= 0.3 is 11.5 Å². The van der Waals surface area contributed by atoms with Crippen LogP contribution in [0.5, 0.6) is 11.5 Å². The predicted octanol–water partition coefficient (Wildman–Crippen LogP) is 6.59. The van der Waals surface area contributed by atoms with E-state index in [4.69, 9.17) is 9.47 Å². The highest BCUT2D eigenvalue weighted by atomic mass is 32.2. The van der Waals surface area contributed by atoms with Gasteiger partial charge in [-0.25, -0.2) is 4.79 Å². The monoisotopic (exact) mass is 462 g/mol. The van der Waals surface area contributed by atoms with Crippen molar-refractivity contribution in [2.45, 2.75) is 36.8 Å². The number of carbonyl (C=O) groups is 1. The molecular weight excluding hydrogens is 441 g/mol. The Morgan fingerprint density at radius 3 is 2.31 bits per heavy atom. The van der Waals surface area contributed by atoms with E-state index in [-0.39, 0.29) is 18.1 Å². The van der Waals surface area contributed by atoms with Gasteiger partial charge in [-0.1, -0.05) is 44.2 Å². The number of hydrogen-bond acceptors (Lipinski definition) is 4. The van der Waals surface area contributed by atoms with Crippen LogP contribution < -0.4 is 4.74 Å². The van der Waals surface area contributed by atoms with Crippen LogP contribution in [0.1, 0.15) is 41.3 Å². The zero-order chi connectivity index (χ0) is 23.3. The lowest BCUT2D eigenvalue weighted by Crippen LogP contribution is -2.23. The molecule has 32 heavy (non-hydrogen) atoms. The van der Waals surface area contributed by atoms with Crippen LogP contribution in [0.3, 0.4) is 0 Å². The average Bonchev–Trinajstić information content (AvgIpc) is 2.77. The summed E-state index contributed by atoms with van der Waals surface area (Å²) in [7, 11) is 0. The topological polar surface area (TPSA) is 58.6 Å². The number of rotatable bonds is 7. The zero-order valence-electron chi connectivity index (χ0n) is 17.4. The highest BCUT2D eigenvalue weighted by Gasteiger charge is 2.46. The average molecular weight is 462 g/mol. The Morgan fingerprint density at radius 1 is 0.969 bits per heavy atom. The number of ether oxygens (including phenoxy) is 2. The lowest BCUT2D eigenvalue weighted by Gasteiger charge is -2.16. The van der Waals surface area contributed by atoms with Gasteiger partial charge in [-0.2, -0.15) is 0 Å². The number of halogens is 3. The fourth-order valence-corrected chi connectivity index (χ4v) is 3.70. The molecule has 0 bridgehead atoms. The van der Waals surface area contributed by atoms with Gasteiger partial charge in [0.25, 0.3) is 0 Å². The molecule has 1 atom stereocenters. The first-order valence-electron chi connectivity index (χ1n) is 9.76. The molecule has 4 nitrogen and oxygen atoms in total. The third kappa shape index (κ3) is 6.05. The second kappa shape index (κ2) is 10.1. The van der Waals surface area contributed by atoms with Crippen molar-refractivity contribution < 1.29 is 32.0 Å². The van der Waals surface area contributed by atoms with E-state index in [1.165, 1.54) is 6.07 Å². The molecule has 0 aliphatic carbocycles. The minimum Gasteiger partial charge on any atom is -0.604 e. The standard InChI is InChI=1S/C24H21F3O4S/c1-16(2)22-14-20(32(29)24(25,26)27)11-12-21(22)23(28)30-15-17-7-6-10-19(13-17)31-18-8-4-3-5-9-18/h3-14,16H,15H2,1-2H3. The van der Waals surface area contributed by atoms with Gasteiger partial charge in [0.2, 0.25) is 0 Å². The van der Waals surface area contributed by atoms with E-state index < -0.39 is 27.5 Å². The van der Waals surface area contributed by atoms with Crippen LogP contribution in [0.2, 0.25) is 0 Å². The largest absolute Gasteiger partial charge is 0.604 e. The smallest absolute Gasteiger partial charge is 0.578 e. The molecule has 0 aromatic heterocycles. The van der Waals surface area contributed by atoms with E-state index in [0.717, 1.165) is 12.1 Å². The number of benzene rings is 3. The van der Waals surface area contributed by atoms with Gasteiger partial charge in [0, 0.05) is 0 Å². The number of esters is 1. The van der Waals surface area contributed by atoms with Crippen molar-refractivity contribution in [2.75, 3.05) is 0 Å². The number of carbonyl (C=O) groups excluding carboxylic acids is 1. The van der Waals surface area contributed by atoms with Crippen molar-refractivity contribution in [1.82, 2.24) is 0 Å². The molecule has 0 saturated carbocycles. The Kier molecular flexibility index (Phi) is 7.48. The third-order valence-corrected chi connectivity index (χ3v) is 5.64. The molecule has 0 radical (unpaired) electrons. The summed E-state index contributed by atoms with van der Waals surface area (Å²) in [4.78, 5) is 12.2. The Bertz CT molecular complexity index is 1070. The quantitative estimate of drug-likeness (QED) is 0.294. The van der Waals surface area contributed by atoms with Crippen molar-refractivity contribution in [3.8, 4) is 11.5 Å². The van der Waals surface area contributed by atoms with Crippen molar-refractivity contribution in [3.63, 3.8) is 0 Å². The number of alkyl halides is 3. The maximum Gasteiger partial charge on any atom is 0.578 e. The minimum atomic E-state index is -4.87. The van der Waals surface area contributed by atoms with Gasteiger partial charge in [-0.05, 0) is 59.5 Å². The van der Waals surface area contributed by atoms with E-state index in [2.05, 4.69) is 0 Å². The molecule has 8 heteroatoms. The molecule has 3 aromatic rings. The summed E-state index contributed by atoms with van der Waals surface area (Å²) in [5, 5.41) is 0. The van der Waals surface area contributed by atoms with Crippen LogP contribution in [0, 0.1) is 0 Å². The lowest BCUT2D eigenvalue weighted by molar-refractivity contribution is -0.0435. The molecule has 0 heterocycles. The summed E-state index contributed by atoms with van der Waals surface area (Å²) in [5.74, 6) is 0.295. The Morgan fingerprint density at radius 2 is 1.66 bits per heavy atom. The highest BCUT2D eigenvalue weighted by Crippen LogP contribution is 2.33. The SMILES string of the molecule is CC(C)c1cc([S+]([O-])C(F)(F)F)ccc1C(=O)OCc1cccc(Oc2ccccc2)c1. The number of hydrogen-bond donors (Lipinski definition) is 0. The van der Waals surface area contributed by atoms with Crippen molar-refractivity contribution >= 4 is 17.1 Å². The van der Waals surface area contributed by atoms with E-state index in [9.17, 15) is 22.5 Å². The summed E-state index contributed by atoms with van der Waals surface area (Å²) in [6.45, 7) is 3.42. The maximum absolute atomic E-state index is 12.8. The maximum atomic E-state index is 12.8. The molecule has 0 aliphatic rings. The Hall–Kier alpha value is -2.97. The molecule has 3 aromatic carbocycles. The van der Waals surface area contributed by atoms with Gasteiger partial charge < -0.3 is 14.0 Å². The van der Waals surface area contributed by atoms with Gasteiger partial charge in [0.15, 0.2) is 4.90 Å². The van der Waals surface area contributed by atoms with Crippen molar-refractivity contribution in [3.05, 3.63) is 89.5 Å². The van der Waals surface area contributed by atoms with Crippen molar-refractivity contribution in [2.24, 2.45) is 0 Å². The van der Waals surface area contributed by atoms with E-state index in [1.807, 2.05) is 30.3 Å². The molecule has 0 amide bonds. The summed E-state index contributed by atoms with van der Waals surface area (Å²) >= 11 is -3.17. The third-order valence-electron chi connectivity index (χ3n) is 4.54. The molecule has 1 unspecified atom stereocenters. The zero-order valence-corrected chi connectivity index (χ0v) is 18.2. The summed E-state index contributed by atoms with van der Waals surface area (Å²) in [6.07, 6.45) is 0. The van der Waals surface area contributed by atoms with Crippen LogP contribution in [0.15, 0.2) is 77.7 Å². The molecule has 0 spiro atoms. The lowest BCUT2D eigenvalue weighted by atomic mass is 9.97. The highest BCUT2D eigenvalue weighted by molar-refractivity contribution is 7.92. The van der Waals surface area contributed by atoms with Gasteiger partial charge in [-0.3, -0.25) is 0 Å². The molecule has 0 fully saturated rings. The van der Waals surface area contributed by atoms with E-state index >= 15 is 0 Å². The molecule has 0 aliphatic heterocycles. The van der Waals surface area contributed by atoms with Gasteiger partial charge in [-0.15, -0.1) is 13.2 Å². The normalized spacial score (nSPS) is 12.5. The predicted molar refractivity (Wildman–Crippen MR) is 115 cm³/mol. The van der Waals surface area contributed by atoms with Gasteiger partial charge in [0.1, 0.15) is 18.1 Å². The van der Waals surface area contributed by atoms with Crippen LogP contribution in [-0.2, 0) is 22.5 Å². The van der Waals surface area contributed by atoms with Crippen LogP contribution in [0.25, 0.3) is 0 Å². The van der Waals surface area contributed by atoms with Crippen LogP contribution in [0.4, 0.5) is 13.2 Å². The molecule has 0 N–H and O–H groups in total. The minimum absolute atomic E-state index is 0.0431. The Labute approximate surface area is 187 Å². The first-order valence-corrected chi connectivity index (χ1v) is 10.9.